The molecule has 126 valence electrons. The molecule has 0 spiro atoms. The molecule has 0 amide bonds. The van der Waals surface area contributed by atoms with Gasteiger partial charge in [0.05, 0.1) is 6.26 Å². The van der Waals surface area contributed by atoms with Crippen molar-refractivity contribution in [1.29, 1.82) is 0 Å². The molecule has 0 aliphatic carbocycles. The van der Waals surface area contributed by atoms with Crippen molar-refractivity contribution in [3.63, 3.8) is 0 Å². The first-order valence-corrected chi connectivity index (χ1v) is 10.1. The number of benzene rings is 1. The molecule has 1 aromatic carbocycles. The Morgan fingerprint density at radius 2 is 1.96 bits per heavy atom. The SMILES string of the molecule is CS(=O)(=O)N(CCc1c[nH]c2ccccc12)CC1CCNCC1. The lowest BCUT2D eigenvalue weighted by Crippen LogP contribution is -2.39. The van der Waals surface area contributed by atoms with E-state index in [1.165, 1.54) is 17.2 Å². The van der Waals surface area contributed by atoms with Crippen molar-refractivity contribution in [2.45, 2.75) is 19.3 Å². The number of H-pyrrole nitrogens is 1. The maximum absolute atomic E-state index is 12.1. The number of sulfonamides is 1. The van der Waals surface area contributed by atoms with Crippen LogP contribution in [0.15, 0.2) is 30.5 Å². The van der Waals surface area contributed by atoms with E-state index in [0.717, 1.165) is 37.9 Å². The van der Waals surface area contributed by atoms with Gasteiger partial charge in [-0.1, -0.05) is 18.2 Å². The molecule has 0 bridgehead atoms. The third-order valence-corrected chi connectivity index (χ3v) is 5.96. The van der Waals surface area contributed by atoms with Crippen molar-refractivity contribution in [2.24, 2.45) is 5.92 Å². The van der Waals surface area contributed by atoms with Crippen molar-refractivity contribution in [3.05, 3.63) is 36.0 Å². The molecule has 23 heavy (non-hydrogen) atoms. The van der Waals surface area contributed by atoms with Crippen molar-refractivity contribution in [2.75, 3.05) is 32.4 Å². The van der Waals surface area contributed by atoms with Crippen LogP contribution in [0.4, 0.5) is 0 Å². The first-order valence-electron chi connectivity index (χ1n) is 8.25. The third kappa shape index (κ3) is 4.13. The Bertz CT molecular complexity index is 748. The fourth-order valence-electron chi connectivity index (χ4n) is 3.33. The van der Waals surface area contributed by atoms with Crippen molar-refractivity contribution >= 4 is 20.9 Å². The fraction of sp³-hybridized carbons (Fsp3) is 0.529. The molecule has 0 unspecified atom stereocenters. The Kier molecular flexibility index (Phi) is 5.04. The quantitative estimate of drug-likeness (QED) is 0.848. The first kappa shape index (κ1) is 16.5. The van der Waals surface area contributed by atoms with Gasteiger partial charge in [0.15, 0.2) is 0 Å². The summed E-state index contributed by atoms with van der Waals surface area (Å²) in [5, 5.41) is 4.51. The Labute approximate surface area is 138 Å². The van der Waals surface area contributed by atoms with E-state index >= 15 is 0 Å². The number of aromatic amines is 1. The van der Waals surface area contributed by atoms with Crippen molar-refractivity contribution < 1.29 is 8.42 Å². The lowest BCUT2D eigenvalue weighted by molar-refractivity contribution is 0.290. The van der Waals surface area contributed by atoms with Crippen LogP contribution in [-0.4, -0.2) is 50.1 Å². The number of nitrogens with zero attached hydrogens (tertiary/aromatic N) is 1. The molecular formula is C17H25N3O2S. The minimum atomic E-state index is -3.17. The summed E-state index contributed by atoms with van der Waals surface area (Å²) >= 11 is 0. The molecule has 0 atom stereocenters. The summed E-state index contributed by atoms with van der Waals surface area (Å²) in [6, 6.07) is 8.15. The van der Waals surface area contributed by atoms with E-state index in [2.05, 4.69) is 16.4 Å². The summed E-state index contributed by atoms with van der Waals surface area (Å²) in [7, 11) is -3.17. The van der Waals surface area contributed by atoms with Crippen LogP contribution in [0.25, 0.3) is 10.9 Å². The normalized spacial score (nSPS) is 17.1. The molecule has 1 aromatic heterocycles. The smallest absolute Gasteiger partial charge is 0.211 e. The predicted octanol–water partition coefficient (Wildman–Crippen LogP) is 1.97. The second-order valence-electron chi connectivity index (χ2n) is 6.42. The van der Waals surface area contributed by atoms with Gasteiger partial charge in [-0.2, -0.15) is 0 Å². The van der Waals surface area contributed by atoms with E-state index in [4.69, 9.17) is 0 Å². The molecule has 5 nitrogen and oxygen atoms in total. The summed E-state index contributed by atoms with van der Waals surface area (Å²) in [6.45, 7) is 3.17. The molecule has 0 radical (unpaired) electrons. The Hall–Kier alpha value is -1.37. The van der Waals surface area contributed by atoms with E-state index in [1.807, 2.05) is 24.4 Å². The van der Waals surface area contributed by atoms with Crippen LogP contribution in [0.1, 0.15) is 18.4 Å². The number of hydrogen-bond donors (Lipinski definition) is 2. The van der Waals surface area contributed by atoms with Gasteiger partial charge in [0.2, 0.25) is 10.0 Å². The molecule has 2 N–H and O–H groups in total. The highest BCUT2D eigenvalue weighted by molar-refractivity contribution is 7.88. The molecule has 1 aliphatic rings. The van der Waals surface area contributed by atoms with Gasteiger partial charge in [-0.25, -0.2) is 12.7 Å². The van der Waals surface area contributed by atoms with Crippen molar-refractivity contribution in [1.82, 2.24) is 14.6 Å². The number of aromatic nitrogens is 1. The lowest BCUT2D eigenvalue weighted by atomic mass is 9.98. The zero-order valence-electron chi connectivity index (χ0n) is 13.6. The van der Waals surface area contributed by atoms with Crippen LogP contribution >= 0.6 is 0 Å². The van der Waals surface area contributed by atoms with Gasteiger partial charge in [0.25, 0.3) is 0 Å². The average molecular weight is 335 g/mol. The molecule has 1 fully saturated rings. The molecule has 2 aromatic rings. The Morgan fingerprint density at radius 1 is 1.22 bits per heavy atom. The standard InChI is InChI=1S/C17H25N3O2S/c1-23(21,22)20(13-14-6-9-18-10-7-14)11-8-15-12-19-17-5-3-2-4-16(15)17/h2-5,12,14,18-19H,6-11,13H2,1H3. The highest BCUT2D eigenvalue weighted by Gasteiger charge is 2.23. The van der Waals surface area contributed by atoms with Gasteiger partial charge >= 0.3 is 0 Å². The first-order chi connectivity index (χ1) is 11.0. The number of hydrogen-bond acceptors (Lipinski definition) is 3. The van der Waals surface area contributed by atoms with E-state index in [1.54, 1.807) is 4.31 Å². The minimum absolute atomic E-state index is 0.467. The van der Waals surface area contributed by atoms with Gasteiger partial charge in [-0.05, 0) is 49.9 Å². The highest BCUT2D eigenvalue weighted by Crippen LogP contribution is 2.20. The maximum atomic E-state index is 12.1. The molecule has 6 heteroatoms. The van der Waals surface area contributed by atoms with Crippen LogP contribution < -0.4 is 5.32 Å². The van der Waals surface area contributed by atoms with Crippen LogP contribution in [0.3, 0.4) is 0 Å². The second kappa shape index (κ2) is 7.03. The zero-order chi connectivity index (χ0) is 16.3. The number of nitrogens with one attached hydrogen (secondary N) is 2. The highest BCUT2D eigenvalue weighted by atomic mass is 32.2. The van der Waals surface area contributed by atoms with E-state index in [-0.39, 0.29) is 0 Å². The lowest BCUT2D eigenvalue weighted by Gasteiger charge is -2.28. The molecule has 1 aliphatic heterocycles. The maximum Gasteiger partial charge on any atom is 0.211 e. The number of para-hydroxylation sites is 1. The van der Waals surface area contributed by atoms with E-state index in [0.29, 0.717) is 19.0 Å². The molecule has 0 saturated carbocycles. The van der Waals surface area contributed by atoms with Gasteiger partial charge in [0, 0.05) is 30.2 Å². The largest absolute Gasteiger partial charge is 0.361 e. The summed E-state index contributed by atoms with van der Waals surface area (Å²) in [5.74, 6) is 0.467. The molecular weight excluding hydrogens is 310 g/mol. The number of piperidine rings is 1. The summed E-state index contributed by atoms with van der Waals surface area (Å²) in [5.41, 5.74) is 2.28. The van der Waals surface area contributed by atoms with E-state index in [9.17, 15) is 8.42 Å². The molecule has 1 saturated heterocycles. The topological polar surface area (TPSA) is 65.2 Å². The van der Waals surface area contributed by atoms with Crippen LogP contribution in [0.5, 0.6) is 0 Å². The van der Waals surface area contributed by atoms with Crippen LogP contribution in [0, 0.1) is 5.92 Å². The van der Waals surface area contributed by atoms with E-state index < -0.39 is 10.0 Å². The van der Waals surface area contributed by atoms with Gasteiger partial charge in [0.1, 0.15) is 0 Å². The van der Waals surface area contributed by atoms with Gasteiger partial charge < -0.3 is 10.3 Å². The Morgan fingerprint density at radius 3 is 2.70 bits per heavy atom. The summed E-state index contributed by atoms with van der Waals surface area (Å²) in [6.07, 6.45) is 6.17. The third-order valence-electron chi connectivity index (χ3n) is 4.70. The minimum Gasteiger partial charge on any atom is -0.361 e. The predicted molar refractivity (Wildman–Crippen MR) is 94.0 cm³/mol. The van der Waals surface area contributed by atoms with Crippen molar-refractivity contribution in [3.8, 4) is 0 Å². The second-order valence-corrected chi connectivity index (χ2v) is 8.41. The number of fused-ring (bicyclic) bond motifs is 1. The molecule has 2 heterocycles. The average Bonchev–Trinajstić information content (AvgIpc) is 2.94. The molecule has 3 rings (SSSR count). The summed E-state index contributed by atoms with van der Waals surface area (Å²) in [4.78, 5) is 3.26. The van der Waals surface area contributed by atoms with Crippen LogP contribution in [0.2, 0.25) is 0 Å². The number of rotatable bonds is 6. The Balaban J connectivity index is 1.68. The van der Waals surface area contributed by atoms with Gasteiger partial charge in [-0.3, -0.25) is 0 Å². The monoisotopic (exact) mass is 335 g/mol. The summed E-state index contributed by atoms with van der Waals surface area (Å²) < 4.78 is 25.9. The zero-order valence-corrected chi connectivity index (χ0v) is 14.4. The fourth-order valence-corrected chi connectivity index (χ4v) is 4.23. The van der Waals surface area contributed by atoms with Gasteiger partial charge in [-0.15, -0.1) is 0 Å². The van der Waals surface area contributed by atoms with Crippen LogP contribution in [-0.2, 0) is 16.4 Å².